The molecular formula is C15H18F2N2O2. The highest BCUT2D eigenvalue weighted by molar-refractivity contribution is 5.81. The number of ether oxygens (including phenoxy) is 1. The molecule has 1 rings (SSSR count). The van der Waals surface area contributed by atoms with Crippen LogP contribution < -0.4 is 10.1 Å². The normalized spacial score (nSPS) is 13.4. The zero-order valence-corrected chi connectivity index (χ0v) is 12.2. The molecule has 0 saturated heterocycles. The topological polar surface area (TPSA) is 62.1 Å². The lowest BCUT2D eigenvalue weighted by Gasteiger charge is -2.18. The molecule has 0 heterocycles. The minimum absolute atomic E-state index is 0.0254. The van der Waals surface area contributed by atoms with Gasteiger partial charge in [0.1, 0.15) is 18.3 Å². The minimum atomic E-state index is -0.752. The lowest BCUT2D eigenvalue weighted by atomic mass is 9.96. The summed E-state index contributed by atoms with van der Waals surface area (Å²) in [5.41, 5.74) is 0. The monoisotopic (exact) mass is 296 g/mol. The Morgan fingerprint density at radius 2 is 2.05 bits per heavy atom. The van der Waals surface area contributed by atoms with Crippen molar-refractivity contribution < 1.29 is 18.3 Å². The number of amides is 1. The van der Waals surface area contributed by atoms with Crippen LogP contribution in [0.3, 0.4) is 0 Å². The molecule has 0 saturated carbocycles. The molecule has 2 atom stereocenters. The standard InChI is InChI=1S/C15H18F2N2O2/c1-9(2)12(7-18)15(20)19-10(3)8-21-14-6-11(16)4-5-13(14)17/h4-6,9-10,12H,8H2,1-3H3,(H,19,20)/t10-,12?/m1/s1. The van der Waals surface area contributed by atoms with Crippen LogP contribution in [0.1, 0.15) is 20.8 Å². The van der Waals surface area contributed by atoms with Crippen LogP contribution in [-0.4, -0.2) is 18.6 Å². The van der Waals surface area contributed by atoms with Crippen molar-refractivity contribution in [3.8, 4) is 11.8 Å². The number of nitrogens with zero attached hydrogens (tertiary/aromatic N) is 1. The van der Waals surface area contributed by atoms with Crippen LogP contribution in [-0.2, 0) is 4.79 Å². The third-order valence-corrected chi connectivity index (χ3v) is 2.86. The Kier molecular flexibility index (Phi) is 6.10. The lowest BCUT2D eigenvalue weighted by Crippen LogP contribution is -2.41. The van der Waals surface area contributed by atoms with Crippen LogP contribution >= 0.6 is 0 Å². The van der Waals surface area contributed by atoms with Crippen molar-refractivity contribution in [2.24, 2.45) is 11.8 Å². The number of hydrogen-bond donors (Lipinski definition) is 1. The van der Waals surface area contributed by atoms with E-state index in [-0.39, 0.29) is 18.3 Å². The van der Waals surface area contributed by atoms with E-state index in [1.807, 2.05) is 6.07 Å². The van der Waals surface area contributed by atoms with Crippen molar-refractivity contribution >= 4 is 5.91 Å². The van der Waals surface area contributed by atoms with Gasteiger partial charge in [0.15, 0.2) is 11.6 Å². The molecule has 0 aliphatic rings. The summed E-state index contributed by atoms with van der Waals surface area (Å²) in [4.78, 5) is 11.8. The molecule has 6 heteroatoms. The van der Waals surface area contributed by atoms with Gasteiger partial charge in [-0.15, -0.1) is 0 Å². The van der Waals surface area contributed by atoms with Gasteiger partial charge < -0.3 is 10.1 Å². The number of carbonyl (C=O) groups excluding carboxylic acids is 1. The second kappa shape index (κ2) is 7.58. The van der Waals surface area contributed by atoms with Gasteiger partial charge in [-0.1, -0.05) is 13.8 Å². The van der Waals surface area contributed by atoms with Gasteiger partial charge in [0.25, 0.3) is 0 Å². The van der Waals surface area contributed by atoms with Gasteiger partial charge >= 0.3 is 0 Å². The minimum Gasteiger partial charge on any atom is -0.488 e. The summed E-state index contributed by atoms with van der Waals surface area (Å²) in [5.74, 6) is -2.75. The Morgan fingerprint density at radius 3 is 2.62 bits per heavy atom. The van der Waals surface area contributed by atoms with Gasteiger partial charge in [0.2, 0.25) is 5.91 Å². The highest BCUT2D eigenvalue weighted by Crippen LogP contribution is 2.18. The van der Waals surface area contributed by atoms with Crippen LogP contribution in [0.15, 0.2) is 18.2 Å². The number of carbonyl (C=O) groups is 1. The van der Waals surface area contributed by atoms with Crippen molar-refractivity contribution in [2.45, 2.75) is 26.8 Å². The number of halogens is 2. The summed E-state index contributed by atoms with van der Waals surface area (Å²) >= 11 is 0. The molecule has 0 aliphatic heterocycles. The molecule has 1 aromatic carbocycles. The quantitative estimate of drug-likeness (QED) is 0.877. The molecule has 21 heavy (non-hydrogen) atoms. The molecule has 1 unspecified atom stereocenters. The fraction of sp³-hybridized carbons (Fsp3) is 0.467. The average Bonchev–Trinajstić information content (AvgIpc) is 2.40. The van der Waals surface area contributed by atoms with Crippen LogP contribution in [0.25, 0.3) is 0 Å². The van der Waals surface area contributed by atoms with Crippen molar-refractivity contribution in [1.82, 2.24) is 5.32 Å². The van der Waals surface area contributed by atoms with E-state index < -0.39 is 29.5 Å². The largest absolute Gasteiger partial charge is 0.488 e. The first-order valence-electron chi connectivity index (χ1n) is 6.63. The number of nitrogens with one attached hydrogen (secondary N) is 1. The summed E-state index contributed by atoms with van der Waals surface area (Å²) in [6.07, 6.45) is 0. The molecule has 0 bridgehead atoms. The van der Waals surface area contributed by atoms with Crippen molar-refractivity contribution in [2.75, 3.05) is 6.61 Å². The SMILES string of the molecule is CC(C)C(C#N)C(=O)N[C@H](C)COc1cc(F)ccc1F. The van der Waals surface area contributed by atoms with Gasteiger partial charge in [-0.3, -0.25) is 4.79 Å². The molecular weight excluding hydrogens is 278 g/mol. The number of hydrogen-bond acceptors (Lipinski definition) is 3. The highest BCUT2D eigenvalue weighted by Gasteiger charge is 2.23. The maximum absolute atomic E-state index is 13.3. The molecule has 0 fully saturated rings. The molecule has 1 N–H and O–H groups in total. The molecule has 0 aliphatic carbocycles. The van der Waals surface area contributed by atoms with E-state index in [9.17, 15) is 13.6 Å². The van der Waals surface area contributed by atoms with E-state index in [1.165, 1.54) is 0 Å². The Labute approximate surface area is 122 Å². The number of rotatable bonds is 6. The fourth-order valence-corrected chi connectivity index (χ4v) is 1.69. The number of nitriles is 1. The van der Waals surface area contributed by atoms with Gasteiger partial charge in [-0.05, 0) is 25.0 Å². The van der Waals surface area contributed by atoms with E-state index in [0.29, 0.717) is 0 Å². The van der Waals surface area contributed by atoms with E-state index in [4.69, 9.17) is 10.00 Å². The first-order valence-corrected chi connectivity index (χ1v) is 6.63. The Morgan fingerprint density at radius 1 is 1.38 bits per heavy atom. The van der Waals surface area contributed by atoms with Crippen molar-refractivity contribution in [1.29, 1.82) is 5.26 Å². The van der Waals surface area contributed by atoms with Gasteiger partial charge in [0.05, 0.1) is 12.1 Å². The van der Waals surface area contributed by atoms with Crippen molar-refractivity contribution in [3.63, 3.8) is 0 Å². The molecule has 1 amide bonds. The number of benzene rings is 1. The second-order valence-electron chi connectivity index (χ2n) is 5.15. The van der Waals surface area contributed by atoms with E-state index in [2.05, 4.69) is 5.32 Å². The first-order chi connectivity index (χ1) is 9.85. The summed E-state index contributed by atoms with van der Waals surface area (Å²) in [6, 6.07) is 4.40. The average molecular weight is 296 g/mol. The van der Waals surface area contributed by atoms with E-state index in [0.717, 1.165) is 18.2 Å². The maximum Gasteiger partial charge on any atom is 0.237 e. The second-order valence-corrected chi connectivity index (χ2v) is 5.15. The summed E-state index contributed by atoms with van der Waals surface area (Å²) in [6.45, 7) is 5.18. The third kappa shape index (κ3) is 5.03. The van der Waals surface area contributed by atoms with Crippen LogP contribution in [0.2, 0.25) is 0 Å². The van der Waals surface area contributed by atoms with E-state index >= 15 is 0 Å². The highest BCUT2D eigenvalue weighted by atomic mass is 19.1. The van der Waals surface area contributed by atoms with Crippen LogP contribution in [0.4, 0.5) is 8.78 Å². The van der Waals surface area contributed by atoms with Gasteiger partial charge in [-0.2, -0.15) is 5.26 Å². The summed E-state index contributed by atoms with van der Waals surface area (Å²) < 4.78 is 31.5. The van der Waals surface area contributed by atoms with Gasteiger partial charge in [0, 0.05) is 6.07 Å². The summed E-state index contributed by atoms with van der Waals surface area (Å²) in [5, 5.41) is 11.5. The molecule has 1 aromatic rings. The zero-order valence-electron chi connectivity index (χ0n) is 12.2. The molecule has 114 valence electrons. The Hall–Kier alpha value is -2.16. The lowest BCUT2D eigenvalue weighted by molar-refractivity contribution is -0.125. The molecule has 4 nitrogen and oxygen atoms in total. The van der Waals surface area contributed by atoms with Crippen LogP contribution in [0.5, 0.6) is 5.75 Å². The fourth-order valence-electron chi connectivity index (χ4n) is 1.69. The molecule has 0 aromatic heterocycles. The molecule has 0 radical (unpaired) electrons. The predicted octanol–water partition coefficient (Wildman–Crippen LogP) is 2.64. The molecule has 0 spiro atoms. The van der Waals surface area contributed by atoms with Gasteiger partial charge in [-0.25, -0.2) is 8.78 Å². The third-order valence-electron chi connectivity index (χ3n) is 2.86. The van der Waals surface area contributed by atoms with E-state index in [1.54, 1.807) is 20.8 Å². The zero-order chi connectivity index (χ0) is 16.0. The van der Waals surface area contributed by atoms with Crippen molar-refractivity contribution in [3.05, 3.63) is 29.8 Å². The smallest absolute Gasteiger partial charge is 0.237 e. The maximum atomic E-state index is 13.3. The van der Waals surface area contributed by atoms with Crippen LogP contribution in [0, 0.1) is 34.8 Å². The Balaban J connectivity index is 2.55. The Bertz CT molecular complexity index is 541. The predicted molar refractivity (Wildman–Crippen MR) is 73.4 cm³/mol. The first kappa shape index (κ1) is 16.9. The summed E-state index contributed by atoms with van der Waals surface area (Å²) in [7, 11) is 0.